The van der Waals surface area contributed by atoms with E-state index >= 15 is 0 Å². The summed E-state index contributed by atoms with van der Waals surface area (Å²) in [5.41, 5.74) is 3.99. The SMILES string of the molecule is C[C@H](Cc1ccc(OCCC23CC4CC(CC(C4)C2)C3)cc1)NC[C@H](O)c1ccc(OCc2ccccc2)c2[nH]c(=O)ccc12. The van der Waals surface area contributed by atoms with Crippen LogP contribution in [0.1, 0.15) is 74.7 Å². The maximum absolute atomic E-state index is 12.2. The Hall–Kier alpha value is -3.61. The van der Waals surface area contributed by atoms with Crippen molar-refractivity contribution in [3.8, 4) is 11.5 Å². The highest BCUT2D eigenvalue weighted by atomic mass is 16.5. The van der Waals surface area contributed by atoms with Crippen LogP contribution in [0.3, 0.4) is 0 Å². The summed E-state index contributed by atoms with van der Waals surface area (Å²) in [6, 6.07) is 25.6. The second-order valence-electron chi connectivity index (χ2n) is 14.2. The van der Waals surface area contributed by atoms with Gasteiger partial charge in [0.1, 0.15) is 18.1 Å². The molecule has 4 bridgehead atoms. The third-order valence-corrected chi connectivity index (χ3v) is 10.7. The molecule has 6 heteroatoms. The van der Waals surface area contributed by atoms with E-state index in [2.05, 4.69) is 41.5 Å². The maximum atomic E-state index is 12.2. The predicted octanol–water partition coefficient (Wildman–Crippen LogP) is 7.35. The van der Waals surface area contributed by atoms with Crippen LogP contribution in [0, 0.1) is 23.2 Å². The molecule has 4 aliphatic rings. The van der Waals surface area contributed by atoms with Gasteiger partial charge in [-0.3, -0.25) is 4.79 Å². The average Bonchev–Trinajstić information content (AvgIpc) is 3.03. The van der Waals surface area contributed by atoms with Gasteiger partial charge in [0.05, 0.1) is 18.2 Å². The summed E-state index contributed by atoms with van der Waals surface area (Å²) in [6.45, 7) is 3.75. The first-order valence-electron chi connectivity index (χ1n) is 16.9. The molecule has 0 saturated heterocycles. The topological polar surface area (TPSA) is 83.6 Å². The lowest BCUT2D eigenvalue weighted by Gasteiger charge is -2.57. The molecule has 2 atom stereocenters. The number of benzene rings is 3. The molecule has 236 valence electrons. The van der Waals surface area contributed by atoms with Crippen LogP contribution in [0.25, 0.3) is 10.9 Å². The molecule has 4 saturated carbocycles. The number of aromatic amines is 1. The average molecular weight is 607 g/mol. The fourth-order valence-electron chi connectivity index (χ4n) is 8.95. The van der Waals surface area contributed by atoms with Gasteiger partial charge in [-0.2, -0.15) is 0 Å². The molecule has 6 nitrogen and oxygen atoms in total. The Morgan fingerprint density at radius 2 is 1.58 bits per heavy atom. The standard InChI is InChI=1S/C39H46N2O4/c1-26(17-27-7-9-32(10-8-27)44-16-15-39-21-29-18-30(22-39)20-31(19-29)23-39)40-24-35(42)33-11-13-36(38-34(33)12-14-37(43)41-38)45-25-28-5-3-2-4-6-28/h2-14,26,29-31,35,40,42H,15-25H2,1H3,(H,41,43)/t26-,29?,30?,31?,35+,39?/m1/s1. The highest BCUT2D eigenvalue weighted by molar-refractivity contribution is 5.87. The smallest absolute Gasteiger partial charge is 0.248 e. The first-order chi connectivity index (χ1) is 21.9. The molecule has 8 rings (SSSR count). The Balaban J connectivity index is 0.906. The summed E-state index contributed by atoms with van der Waals surface area (Å²) in [5, 5.41) is 15.4. The Morgan fingerprint density at radius 1 is 0.867 bits per heavy atom. The lowest BCUT2D eigenvalue weighted by Crippen LogP contribution is -2.46. The Bertz CT molecular complexity index is 1610. The number of H-pyrrole nitrogens is 1. The molecule has 1 aromatic heterocycles. The van der Waals surface area contributed by atoms with E-state index in [1.807, 2.05) is 42.5 Å². The molecule has 0 aliphatic heterocycles. The number of pyridine rings is 1. The van der Waals surface area contributed by atoms with Crippen LogP contribution in [-0.4, -0.2) is 29.3 Å². The van der Waals surface area contributed by atoms with Gasteiger partial charge in [0.25, 0.3) is 0 Å². The fourth-order valence-corrected chi connectivity index (χ4v) is 8.95. The van der Waals surface area contributed by atoms with E-state index < -0.39 is 6.10 Å². The van der Waals surface area contributed by atoms with Crippen molar-refractivity contribution < 1.29 is 14.6 Å². The minimum atomic E-state index is -0.742. The molecule has 0 amide bonds. The van der Waals surface area contributed by atoms with E-state index in [4.69, 9.17) is 9.47 Å². The number of aliphatic hydroxyl groups excluding tert-OH is 1. The minimum absolute atomic E-state index is 0.169. The minimum Gasteiger partial charge on any atom is -0.494 e. The molecule has 4 fully saturated rings. The molecular formula is C39H46N2O4. The molecule has 3 N–H and O–H groups in total. The molecule has 4 aromatic rings. The lowest BCUT2D eigenvalue weighted by atomic mass is 9.49. The van der Waals surface area contributed by atoms with E-state index in [-0.39, 0.29) is 11.6 Å². The number of nitrogens with one attached hydrogen (secondary N) is 2. The third-order valence-electron chi connectivity index (χ3n) is 10.7. The third kappa shape index (κ3) is 6.97. The normalized spacial score (nSPS) is 24.9. The van der Waals surface area contributed by atoms with Gasteiger partial charge in [0.2, 0.25) is 5.56 Å². The predicted molar refractivity (Wildman–Crippen MR) is 179 cm³/mol. The van der Waals surface area contributed by atoms with Crippen molar-refractivity contribution in [1.29, 1.82) is 0 Å². The Morgan fingerprint density at radius 3 is 2.29 bits per heavy atom. The molecule has 45 heavy (non-hydrogen) atoms. The van der Waals surface area contributed by atoms with Crippen molar-refractivity contribution in [3.05, 3.63) is 106 Å². The van der Waals surface area contributed by atoms with Crippen LogP contribution in [-0.2, 0) is 13.0 Å². The zero-order chi connectivity index (χ0) is 30.8. The number of hydrogen-bond donors (Lipinski definition) is 3. The molecule has 0 unspecified atom stereocenters. The molecule has 1 heterocycles. The van der Waals surface area contributed by atoms with Crippen molar-refractivity contribution in [2.24, 2.45) is 23.2 Å². The van der Waals surface area contributed by atoms with E-state index in [0.717, 1.165) is 53.0 Å². The van der Waals surface area contributed by atoms with Crippen LogP contribution >= 0.6 is 0 Å². The van der Waals surface area contributed by atoms with Crippen LogP contribution in [0.15, 0.2) is 83.7 Å². The van der Waals surface area contributed by atoms with E-state index in [9.17, 15) is 9.90 Å². The quantitative estimate of drug-likeness (QED) is 0.148. The highest BCUT2D eigenvalue weighted by Gasteiger charge is 2.50. The van der Waals surface area contributed by atoms with Crippen molar-refractivity contribution >= 4 is 10.9 Å². The second-order valence-corrected chi connectivity index (χ2v) is 14.2. The highest BCUT2D eigenvalue weighted by Crippen LogP contribution is 2.61. The summed E-state index contributed by atoms with van der Waals surface area (Å²) in [4.78, 5) is 15.1. The number of aromatic nitrogens is 1. The summed E-state index contributed by atoms with van der Waals surface area (Å²) >= 11 is 0. The van der Waals surface area contributed by atoms with Crippen molar-refractivity contribution in [2.75, 3.05) is 13.2 Å². The van der Waals surface area contributed by atoms with Gasteiger partial charge in [-0.25, -0.2) is 0 Å². The van der Waals surface area contributed by atoms with Gasteiger partial charge in [-0.15, -0.1) is 0 Å². The van der Waals surface area contributed by atoms with Gasteiger partial charge in [-0.05, 0) is 122 Å². The number of hydrogen-bond acceptors (Lipinski definition) is 5. The van der Waals surface area contributed by atoms with Gasteiger partial charge in [0, 0.05) is 24.0 Å². The number of aliphatic hydroxyl groups is 1. The molecule has 0 spiro atoms. The summed E-state index contributed by atoms with van der Waals surface area (Å²) in [5.74, 6) is 4.51. The first kappa shape index (κ1) is 30.1. The fraction of sp³-hybridized carbons (Fsp3) is 0.462. The Labute approximate surface area is 266 Å². The summed E-state index contributed by atoms with van der Waals surface area (Å²) in [6.07, 6.45) is 10.1. The number of ether oxygens (including phenoxy) is 2. The monoisotopic (exact) mass is 606 g/mol. The molecule has 3 aromatic carbocycles. The van der Waals surface area contributed by atoms with Crippen molar-refractivity contribution in [1.82, 2.24) is 10.3 Å². The number of fused-ring (bicyclic) bond motifs is 1. The number of rotatable bonds is 13. The molecular weight excluding hydrogens is 560 g/mol. The first-order valence-corrected chi connectivity index (χ1v) is 16.9. The van der Waals surface area contributed by atoms with Crippen LogP contribution < -0.4 is 20.3 Å². The maximum Gasteiger partial charge on any atom is 0.248 e. The van der Waals surface area contributed by atoms with Crippen LogP contribution in [0.2, 0.25) is 0 Å². The van der Waals surface area contributed by atoms with Gasteiger partial charge in [-0.1, -0.05) is 48.5 Å². The van der Waals surface area contributed by atoms with E-state index in [1.165, 1.54) is 56.6 Å². The lowest BCUT2D eigenvalue weighted by molar-refractivity contribution is -0.0622. The zero-order valence-electron chi connectivity index (χ0n) is 26.3. The molecule has 4 aliphatic carbocycles. The van der Waals surface area contributed by atoms with E-state index in [1.54, 1.807) is 6.07 Å². The van der Waals surface area contributed by atoms with Crippen LogP contribution in [0.5, 0.6) is 11.5 Å². The summed E-state index contributed by atoms with van der Waals surface area (Å²) in [7, 11) is 0. The van der Waals surface area contributed by atoms with Crippen molar-refractivity contribution in [3.63, 3.8) is 0 Å². The van der Waals surface area contributed by atoms with Crippen molar-refractivity contribution in [2.45, 2.75) is 77.0 Å². The second kappa shape index (κ2) is 13.0. The van der Waals surface area contributed by atoms with Crippen LogP contribution in [0.4, 0.5) is 0 Å². The largest absolute Gasteiger partial charge is 0.494 e. The van der Waals surface area contributed by atoms with E-state index in [0.29, 0.717) is 29.8 Å². The molecule has 0 radical (unpaired) electrons. The van der Waals surface area contributed by atoms with Gasteiger partial charge < -0.3 is 24.9 Å². The Kier molecular flexibility index (Phi) is 8.70. The summed E-state index contributed by atoms with van der Waals surface area (Å²) < 4.78 is 12.3. The van der Waals surface area contributed by atoms with Gasteiger partial charge >= 0.3 is 0 Å². The zero-order valence-corrected chi connectivity index (χ0v) is 26.3. The van der Waals surface area contributed by atoms with Gasteiger partial charge in [0.15, 0.2) is 0 Å².